The summed E-state index contributed by atoms with van der Waals surface area (Å²) in [5.41, 5.74) is 1.31. The first kappa shape index (κ1) is 18.5. The van der Waals surface area contributed by atoms with Crippen molar-refractivity contribution in [3.8, 4) is 0 Å². The standard InChI is InChI=1S/C19H27NO4/c1-3-24-19(9-4-5-10-19)18(23)20-13-16(17(21)22)12-15-8-6-7-14(2)11-15/h6-8,11,16H,3-5,9-10,12-13H2,1-2H3,(H,20,23)(H,21,22). The number of benzene rings is 1. The molecular weight excluding hydrogens is 306 g/mol. The Bertz CT molecular complexity index is 578. The van der Waals surface area contributed by atoms with Gasteiger partial charge in [-0.15, -0.1) is 0 Å². The average Bonchev–Trinajstić information content (AvgIpc) is 3.01. The summed E-state index contributed by atoms with van der Waals surface area (Å²) in [5.74, 6) is -1.71. The van der Waals surface area contributed by atoms with Crippen LogP contribution in [0.4, 0.5) is 0 Å². The van der Waals surface area contributed by atoms with Crippen LogP contribution in [0.2, 0.25) is 0 Å². The van der Waals surface area contributed by atoms with Crippen molar-refractivity contribution in [2.75, 3.05) is 13.2 Å². The second-order valence-corrected chi connectivity index (χ2v) is 6.57. The van der Waals surface area contributed by atoms with E-state index in [0.29, 0.717) is 25.9 Å². The highest BCUT2D eigenvalue weighted by Gasteiger charge is 2.42. The molecule has 1 fully saturated rings. The highest BCUT2D eigenvalue weighted by molar-refractivity contribution is 5.86. The molecule has 0 aliphatic heterocycles. The molecule has 0 bridgehead atoms. The van der Waals surface area contributed by atoms with E-state index in [4.69, 9.17) is 4.74 Å². The molecule has 1 atom stereocenters. The number of rotatable bonds is 8. The van der Waals surface area contributed by atoms with Crippen molar-refractivity contribution in [3.05, 3.63) is 35.4 Å². The molecule has 1 unspecified atom stereocenters. The summed E-state index contributed by atoms with van der Waals surface area (Å²) in [7, 11) is 0. The third-order valence-electron chi connectivity index (χ3n) is 4.67. The number of hydrogen-bond acceptors (Lipinski definition) is 3. The molecule has 132 valence electrons. The van der Waals surface area contributed by atoms with Gasteiger partial charge in [0.15, 0.2) is 0 Å². The Morgan fingerprint density at radius 2 is 2.04 bits per heavy atom. The van der Waals surface area contributed by atoms with Gasteiger partial charge in [-0.25, -0.2) is 0 Å². The molecule has 0 spiro atoms. The van der Waals surface area contributed by atoms with Crippen molar-refractivity contribution >= 4 is 11.9 Å². The predicted molar refractivity (Wildman–Crippen MR) is 91.8 cm³/mol. The molecule has 5 heteroatoms. The first-order valence-electron chi connectivity index (χ1n) is 8.67. The molecule has 5 nitrogen and oxygen atoms in total. The molecule has 2 rings (SSSR count). The van der Waals surface area contributed by atoms with Crippen LogP contribution in [-0.4, -0.2) is 35.7 Å². The maximum atomic E-state index is 12.6. The zero-order chi connectivity index (χ0) is 17.6. The van der Waals surface area contributed by atoms with Crippen LogP contribution in [0.15, 0.2) is 24.3 Å². The molecule has 1 amide bonds. The van der Waals surface area contributed by atoms with Gasteiger partial charge in [-0.2, -0.15) is 0 Å². The first-order chi connectivity index (χ1) is 11.5. The van der Waals surface area contributed by atoms with Crippen LogP contribution in [0.25, 0.3) is 0 Å². The number of carbonyl (C=O) groups excluding carboxylic acids is 1. The molecule has 1 aliphatic carbocycles. The molecule has 0 aromatic heterocycles. The number of ether oxygens (including phenoxy) is 1. The third kappa shape index (κ3) is 4.57. The maximum absolute atomic E-state index is 12.6. The van der Waals surface area contributed by atoms with Crippen LogP contribution in [0.5, 0.6) is 0 Å². The van der Waals surface area contributed by atoms with Gasteiger partial charge in [0.2, 0.25) is 0 Å². The van der Waals surface area contributed by atoms with Gasteiger partial charge < -0.3 is 15.2 Å². The Morgan fingerprint density at radius 1 is 1.33 bits per heavy atom. The highest BCUT2D eigenvalue weighted by Crippen LogP contribution is 2.33. The molecule has 1 aliphatic rings. The number of carboxylic acids is 1. The fourth-order valence-corrected chi connectivity index (χ4v) is 3.41. The Kier molecular flexibility index (Phi) is 6.37. The van der Waals surface area contributed by atoms with Gasteiger partial charge in [0.05, 0.1) is 5.92 Å². The van der Waals surface area contributed by atoms with Crippen LogP contribution in [-0.2, 0) is 20.7 Å². The van der Waals surface area contributed by atoms with Gasteiger partial charge >= 0.3 is 5.97 Å². The summed E-state index contributed by atoms with van der Waals surface area (Å²) in [4.78, 5) is 24.1. The van der Waals surface area contributed by atoms with Crippen LogP contribution in [0.3, 0.4) is 0 Å². The summed E-state index contributed by atoms with van der Waals surface area (Å²) in [6.45, 7) is 4.47. The number of hydrogen-bond donors (Lipinski definition) is 2. The summed E-state index contributed by atoms with van der Waals surface area (Å²) in [6.07, 6.45) is 3.77. The van der Waals surface area contributed by atoms with Gasteiger partial charge in [0, 0.05) is 13.2 Å². The van der Waals surface area contributed by atoms with E-state index in [1.165, 1.54) is 0 Å². The van der Waals surface area contributed by atoms with Crippen molar-refractivity contribution < 1.29 is 19.4 Å². The van der Waals surface area contributed by atoms with Gasteiger partial charge in [-0.3, -0.25) is 9.59 Å². The van der Waals surface area contributed by atoms with Crippen LogP contribution in [0.1, 0.15) is 43.7 Å². The maximum Gasteiger partial charge on any atom is 0.308 e. The molecule has 0 heterocycles. The number of aryl methyl sites for hydroxylation is 1. The van der Waals surface area contributed by atoms with Crippen molar-refractivity contribution in [1.29, 1.82) is 0 Å². The van der Waals surface area contributed by atoms with Crippen LogP contribution in [0, 0.1) is 12.8 Å². The van der Waals surface area contributed by atoms with E-state index in [2.05, 4.69) is 5.32 Å². The quantitative estimate of drug-likeness (QED) is 0.767. The average molecular weight is 333 g/mol. The lowest BCUT2D eigenvalue weighted by Crippen LogP contribution is -2.49. The number of aliphatic carboxylic acids is 1. The molecule has 1 saturated carbocycles. The molecular formula is C19H27NO4. The van der Waals surface area contributed by atoms with Crippen LogP contribution < -0.4 is 5.32 Å². The number of nitrogens with one attached hydrogen (secondary N) is 1. The van der Waals surface area contributed by atoms with E-state index < -0.39 is 17.5 Å². The smallest absolute Gasteiger partial charge is 0.308 e. The lowest BCUT2D eigenvalue weighted by Gasteiger charge is -2.28. The van der Waals surface area contributed by atoms with Gasteiger partial charge in [0.1, 0.15) is 5.60 Å². The van der Waals surface area contributed by atoms with E-state index in [0.717, 1.165) is 24.0 Å². The number of carbonyl (C=O) groups is 2. The molecule has 1 aromatic carbocycles. The second-order valence-electron chi connectivity index (χ2n) is 6.57. The van der Waals surface area contributed by atoms with E-state index in [9.17, 15) is 14.7 Å². The topological polar surface area (TPSA) is 75.6 Å². The van der Waals surface area contributed by atoms with Crippen molar-refractivity contribution in [1.82, 2.24) is 5.32 Å². The van der Waals surface area contributed by atoms with Crippen LogP contribution >= 0.6 is 0 Å². The number of amides is 1. The highest BCUT2D eigenvalue weighted by atomic mass is 16.5. The lowest BCUT2D eigenvalue weighted by atomic mass is 9.96. The van der Waals surface area contributed by atoms with Gasteiger partial charge in [0.25, 0.3) is 5.91 Å². The fourth-order valence-electron chi connectivity index (χ4n) is 3.41. The molecule has 2 N–H and O–H groups in total. The van der Waals surface area contributed by atoms with E-state index >= 15 is 0 Å². The molecule has 1 aromatic rings. The Morgan fingerprint density at radius 3 is 2.62 bits per heavy atom. The Labute approximate surface area is 143 Å². The minimum absolute atomic E-state index is 0.122. The Balaban J connectivity index is 1.98. The van der Waals surface area contributed by atoms with E-state index in [1.807, 2.05) is 38.1 Å². The minimum Gasteiger partial charge on any atom is -0.481 e. The van der Waals surface area contributed by atoms with Crippen molar-refractivity contribution in [3.63, 3.8) is 0 Å². The first-order valence-corrected chi connectivity index (χ1v) is 8.67. The third-order valence-corrected chi connectivity index (χ3v) is 4.67. The minimum atomic E-state index is -0.895. The summed E-state index contributed by atoms with van der Waals surface area (Å²) in [5, 5.41) is 12.3. The monoisotopic (exact) mass is 333 g/mol. The molecule has 0 saturated heterocycles. The van der Waals surface area contributed by atoms with E-state index in [-0.39, 0.29) is 12.5 Å². The second kappa shape index (κ2) is 8.29. The largest absolute Gasteiger partial charge is 0.481 e. The summed E-state index contributed by atoms with van der Waals surface area (Å²) in [6, 6.07) is 7.80. The summed E-state index contributed by atoms with van der Waals surface area (Å²) >= 11 is 0. The zero-order valence-electron chi connectivity index (χ0n) is 14.5. The molecule has 0 radical (unpaired) electrons. The van der Waals surface area contributed by atoms with Crippen molar-refractivity contribution in [2.24, 2.45) is 5.92 Å². The SMILES string of the molecule is CCOC1(C(=O)NCC(Cc2cccc(C)c2)C(=O)O)CCCC1. The Hall–Kier alpha value is -1.88. The van der Waals surface area contributed by atoms with Crippen molar-refractivity contribution in [2.45, 2.75) is 51.6 Å². The lowest BCUT2D eigenvalue weighted by molar-refractivity contribution is -0.147. The summed E-state index contributed by atoms with van der Waals surface area (Å²) < 4.78 is 5.72. The van der Waals surface area contributed by atoms with Gasteiger partial charge in [-0.1, -0.05) is 29.8 Å². The normalized spacial score (nSPS) is 17.4. The van der Waals surface area contributed by atoms with Gasteiger partial charge in [-0.05, 0) is 51.5 Å². The fraction of sp³-hybridized carbons (Fsp3) is 0.579. The number of carboxylic acid groups (broad SMARTS) is 1. The predicted octanol–water partition coefficient (Wildman–Crippen LogP) is 2.70. The molecule has 24 heavy (non-hydrogen) atoms. The zero-order valence-corrected chi connectivity index (χ0v) is 14.5. The van der Waals surface area contributed by atoms with E-state index in [1.54, 1.807) is 0 Å².